The number of anilines is 1. The molecule has 1 unspecified atom stereocenters. The molecule has 0 aliphatic heterocycles. The molecule has 1 aromatic carbocycles. The Morgan fingerprint density at radius 1 is 1.61 bits per heavy atom. The van der Waals surface area contributed by atoms with E-state index >= 15 is 0 Å². The molecule has 0 aromatic heterocycles. The average molecular weight is 250 g/mol. The fourth-order valence-electron chi connectivity index (χ4n) is 1.47. The highest BCUT2D eigenvalue weighted by Crippen LogP contribution is 2.28. The summed E-state index contributed by atoms with van der Waals surface area (Å²) in [7, 11) is 0. The molecule has 0 aliphatic carbocycles. The van der Waals surface area contributed by atoms with Gasteiger partial charge in [-0.2, -0.15) is 0 Å². The highest BCUT2D eigenvalue weighted by Gasteiger charge is 2.19. The van der Waals surface area contributed by atoms with Gasteiger partial charge < -0.3 is 10.4 Å². The van der Waals surface area contributed by atoms with E-state index in [-0.39, 0.29) is 17.3 Å². The minimum Gasteiger partial charge on any atom is -0.478 e. The summed E-state index contributed by atoms with van der Waals surface area (Å²) in [4.78, 5) is 21.2. The van der Waals surface area contributed by atoms with Crippen molar-refractivity contribution < 1.29 is 14.8 Å². The first-order valence-electron chi connectivity index (χ1n) is 5.28. The molecular formula is C12H14N2O4. The molecule has 0 saturated carbocycles. The van der Waals surface area contributed by atoms with Crippen LogP contribution in [0.2, 0.25) is 0 Å². The Bertz CT molecular complexity index is 511. The van der Waals surface area contributed by atoms with E-state index in [1.807, 2.05) is 6.92 Å². The monoisotopic (exact) mass is 250 g/mol. The molecule has 1 rings (SSSR count). The molecule has 0 radical (unpaired) electrons. The van der Waals surface area contributed by atoms with Crippen LogP contribution in [0.4, 0.5) is 11.4 Å². The van der Waals surface area contributed by atoms with Gasteiger partial charge in [-0.15, -0.1) is 6.58 Å². The molecule has 0 spiro atoms. The molecule has 2 N–H and O–H groups in total. The van der Waals surface area contributed by atoms with Crippen molar-refractivity contribution in [2.45, 2.75) is 19.9 Å². The predicted octanol–water partition coefficient (Wildman–Crippen LogP) is 2.59. The number of nitrogens with one attached hydrogen (secondary N) is 1. The van der Waals surface area contributed by atoms with E-state index in [0.717, 1.165) is 6.07 Å². The number of carboxylic acid groups (broad SMARTS) is 1. The lowest BCUT2D eigenvalue weighted by Crippen LogP contribution is -2.14. The van der Waals surface area contributed by atoms with Gasteiger partial charge >= 0.3 is 5.97 Å². The number of rotatable bonds is 5. The summed E-state index contributed by atoms with van der Waals surface area (Å²) in [6.07, 6.45) is 1.62. The number of carbonyl (C=O) groups is 1. The van der Waals surface area contributed by atoms with Crippen LogP contribution in [-0.2, 0) is 0 Å². The molecule has 18 heavy (non-hydrogen) atoms. The van der Waals surface area contributed by atoms with Crippen LogP contribution in [0, 0.1) is 17.0 Å². The van der Waals surface area contributed by atoms with Gasteiger partial charge in [0.1, 0.15) is 0 Å². The Hall–Kier alpha value is -2.37. The van der Waals surface area contributed by atoms with Crippen LogP contribution in [0.15, 0.2) is 24.8 Å². The van der Waals surface area contributed by atoms with E-state index in [1.165, 1.54) is 6.07 Å². The highest BCUT2D eigenvalue weighted by atomic mass is 16.6. The highest BCUT2D eigenvalue weighted by molar-refractivity contribution is 5.90. The Labute approximate surface area is 104 Å². The number of nitrogens with zero attached hydrogens (tertiary/aromatic N) is 1. The van der Waals surface area contributed by atoms with Crippen molar-refractivity contribution >= 4 is 17.3 Å². The molecule has 1 atom stereocenters. The summed E-state index contributed by atoms with van der Waals surface area (Å²) >= 11 is 0. The zero-order valence-electron chi connectivity index (χ0n) is 10.1. The van der Waals surface area contributed by atoms with Crippen molar-refractivity contribution in [3.63, 3.8) is 0 Å². The van der Waals surface area contributed by atoms with Gasteiger partial charge in [0.2, 0.25) is 0 Å². The van der Waals surface area contributed by atoms with Crippen molar-refractivity contribution in [3.8, 4) is 0 Å². The number of hydrogen-bond acceptors (Lipinski definition) is 4. The average Bonchev–Trinajstić information content (AvgIpc) is 2.30. The van der Waals surface area contributed by atoms with Crippen LogP contribution in [0.1, 0.15) is 22.8 Å². The van der Waals surface area contributed by atoms with Crippen LogP contribution in [0.25, 0.3) is 0 Å². The van der Waals surface area contributed by atoms with E-state index in [2.05, 4.69) is 11.9 Å². The van der Waals surface area contributed by atoms with Gasteiger partial charge in [-0.1, -0.05) is 6.08 Å². The SMILES string of the molecule is C=CC(C)Nc1cc(C(=O)O)cc([N+](=O)[O-])c1C. The van der Waals surface area contributed by atoms with E-state index < -0.39 is 10.9 Å². The minimum absolute atomic E-state index is 0.118. The summed E-state index contributed by atoms with van der Waals surface area (Å²) in [5.74, 6) is -1.20. The van der Waals surface area contributed by atoms with Crippen LogP contribution in [-0.4, -0.2) is 22.0 Å². The maximum absolute atomic E-state index is 10.9. The number of aromatic carboxylic acids is 1. The standard InChI is InChI=1S/C12H14N2O4/c1-4-7(2)13-10-5-9(12(15)16)6-11(8(10)3)14(17)18/h4-7,13H,1H2,2-3H3,(H,15,16). The molecule has 0 aliphatic rings. The van der Waals surface area contributed by atoms with E-state index in [4.69, 9.17) is 5.11 Å². The molecule has 96 valence electrons. The Kier molecular flexibility index (Phi) is 4.04. The Balaban J connectivity index is 3.35. The van der Waals surface area contributed by atoms with Crippen molar-refractivity contribution in [2.24, 2.45) is 0 Å². The van der Waals surface area contributed by atoms with Gasteiger partial charge in [0.15, 0.2) is 0 Å². The zero-order valence-corrected chi connectivity index (χ0v) is 10.1. The van der Waals surface area contributed by atoms with E-state index in [1.54, 1.807) is 13.0 Å². The summed E-state index contributed by atoms with van der Waals surface area (Å²) < 4.78 is 0. The third-order valence-electron chi connectivity index (χ3n) is 2.56. The molecular weight excluding hydrogens is 236 g/mol. The predicted molar refractivity (Wildman–Crippen MR) is 68.1 cm³/mol. The van der Waals surface area contributed by atoms with Crippen molar-refractivity contribution in [2.75, 3.05) is 5.32 Å². The number of benzene rings is 1. The van der Waals surface area contributed by atoms with Crippen LogP contribution >= 0.6 is 0 Å². The number of nitro groups is 1. The molecule has 6 nitrogen and oxygen atoms in total. The first-order chi connectivity index (χ1) is 8.36. The quantitative estimate of drug-likeness (QED) is 0.476. The minimum atomic E-state index is -1.20. The fraction of sp³-hybridized carbons (Fsp3) is 0.250. The van der Waals surface area contributed by atoms with E-state index in [0.29, 0.717) is 11.3 Å². The van der Waals surface area contributed by atoms with E-state index in [9.17, 15) is 14.9 Å². The second kappa shape index (κ2) is 5.31. The topological polar surface area (TPSA) is 92.5 Å². The third-order valence-corrected chi connectivity index (χ3v) is 2.56. The van der Waals surface area contributed by atoms with Gasteiger partial charge in [0.05, 0.1) is 10.5 Å². The largest absolute Gasteiger partial charge is 0.478 e. The van der Waals surface area contributed by atoms with Crippen LogP contribution in [0.5, 0.6) is 0 Å². The second-order valence-corrected chi connectivity index (χ2v) is 3.90. The normalized spacial score (nSPS) is 11.7. The maximum Gasteiger partial charge on any atom is 0.336 e. The van der Waals surface area contributed by atoms with Crippen LogP contribution < -0.4 is 5.32 Å². The first-order valence-corrected chi connectivity index (χ1v) is 5.28. The molecule has 0 heterocycles. The van der Waals surface area contributed by atoms with Crippen LogP contribution in [0.3, 0.4) is 0 Å². The lowest BCUT2D eigenvalue weighted by molar-refractivity contribution is -0.385. The smallest absolute Gasteiger partial charge is 0.336 e. The molecule has 0 saturated heterocycles. The lowest BCUT2D eigenvalue weighted by Gasteiger charge is -2.14. The second-order valence-electron chi connectivity index (χ2n) is 3.90. The summed E-state index contributed by atoms with van der Waals surface area (Å²) in [6, 6.07) is 2.32. The van der Waals surface area contributed by atoms with Crippen molar-refractivity contribution in [1.29, 1.82) is 0 Å². The molecule has 1 aromatic rings. The number of hydrogen-bond donors (Lipinski definition) is 2. The fourth-order valence-corrected chi connectivity index (χ4v) is 1.47. The van der Waals surface area contributed by atoms with Gasteiger partial charge in [0, 0.05) is 23.4 Å². The summed E-state index contributed by atoms with van der Waals surface area (Å²) in [6.45, 7) is 6.97. The van der Waals surface area contributed by atoms with Gasteiger partial charge in [-0.3, -0.25) is 10.1 Å². The van der Waals surface area contributed by atoms with Crippen molar-refractivity contribution in [1.82, 2.24) is 0 Å². The zero-order chi connectivity index (χ0) is 13.9. The first kappa shape index (κ1) is 13.7. The maximum atomic E-state index is 10.9. The summed E-state index contributed by atoms with van der Waals surface area (Å²) in [5.41, 5.74) is 0.493. The number of nitro benzene ring substituents is 1. The molecule has 0 amide bonds. The number of carboxylic acids is 1. The lowest BCUT2D eigenvalue weighted by atomic mass is 10.1. The molecule has 6 heteroatoms. The molecule has 0 fully saturated rings. The van der Waals surface area contributed by atoms with Crippen molar-refractivity contribution in [3.05, 3.63) is 46.0 Å². The van der Waals surface area contributed by atoms with Gasteiger partial charge in [-0.05, 0) is 19.9 Å². The summed E-state index contributed by atoms with van der Waals surface area (Å²) in [5, 5.41) is 22.8. The third kappa shape index (κ3) is 2.85. The Morgan fingerprint density at radius 2 is 2.22 bits per heavy atom. The van der Waals surface area contributed by atoms with Gasteiger partial charge in [-0.25, -0.2) is 4.79 Å². The molecule has 0 bridgehead atoms. The Morgan fingerprint density at radius 3 is 2.67 bits per heavy atom. The van der Waals surface area contributed by atoms with Gasteiger partial charge in [0.25, 0.3) is 5.69 Å².